The molecular weight excluding hydrogens is 388 g/mol. The number of nitrogens with two attached hydrogens (primary N) is 1. The summed E-state index contributed by atoms with van der Waals surface area (Å²) in [6, 6.07) is 13.2. The van der Waals surface area contributed by atoms with Gasteiger partial charge in [0.2, 0.25) is 0 Å². The van der Waals surface area contributed by atoms with Gasteiger partial charge in [0.1, 0.15) is 0 Å². The lowest BCUT2D eigenvalue weighted by molar-refractivity contribution is -0.122. The molecular formula is C22H17ClN4O2. The molecule has 2 aromatic heterocycles. The molecule has 0 bridgehead atoms. The lowest BCUT2D eigenvalue weighted by atomic mass is 9.95. The Morgan fingerprint density at radius 2 is 1.72 bits per heavy atom. The molecule has 0 unspecified atom stereocenters. The van der Waals surface area contributed by atoms with Crippen LogP contribution in [0.1, 0.15) is 11.1 Å². The zero-order valence-corrected chi connectivity index (χ0v) is 16.1. The summed E-state index contributed by atoms with van der Waals surface area (Å²) in [7, 11) is 0. The summed E-state index contributed by atoms with van der Waals surface area (Å²) in [5.74, 6) is -0.805. The maximum absolute atomic E-state index is 12.8. The SMILES string of the molecule is NCCn1cc(C2=C(c3c[nH]c4ccccc34)C(=O)NC2=O)c2ccc(Cl)cc21. The van der Waals surface area contributed by atoms with Gasteiger partial charge in [-0.15, -0.1) is 0 Å². The van der Waals surface area contributed by atoms with E-state index < -0.39 is 11.8 Å². The van der Waals surface area contributed by atoms with E-state index in [9.17, 15) is 9.59 Å². The number of aromatic amines is 1. The Bertz CT molecular complexity index is 1350. The first-order valence-electron chi connectivity index (χ1n) is 9.23. The summed E-state index contributed by atoms with van der Waals surface area (Å²) in [4.78, 5) is 28.8. The maximum Gasteiger partial charge on any atom is 0.259 e. The van der Waals surface area contributed by atoms with Crippen molar-refractivity contribution < 1.29 is 9.59 Å². The highest BCUT2D eigenvalue weighted by Crippen LogP contribution is 2.38. The van der Waals surface area contributed by atoms with Crippen LogP contribution in [-0.4, -0.2) is 27.9 Å². The van der Waals surface area contributed by atoms with Crippen LogP contribution in [0.2, 0.25) is 5.02 Å². The molecule has 0 aliphatic carbocycles. The van der Waals surface area contributed by atoms with Gasteiger partial charge in [0.25, 0.3) is 11.8 Å². The van der Waals surface area contributed by atoms with Gasteiger partial charge < -0.3 is 15.3 Å². The first-order chi connectivity index (χ1) is 14.1. The Labute approximate surface area is 170 Å². The number of para-hydroxylation sites is 1. The molecule has 0 saturated carbocycles. The Morgan fingerprint density at radius 1 is 0.966 bits per heavy atom. The number of imide groups is 1. The van der Waals surface area contributed by atoms with Crippen molar-refractivity contribution in [2.75, 3.05) is 6.54 Å². The zero-order valence-electron chi connectivity index (χ0n) is 15.3. The van der Waals surface area contributed by atoms with Crippen molar-refractivity contribution in [2.24, 2.45) is 5.73 Å². The van der Waals surface area contributed by atoms with Gasteiger partial charge in [-0.3, -0.25) is 14.9 Å². The van der Waals surface area contributed by atoms with Crippen molar-refractivity contribution in [3.05, 3.63) is 71.0 Å². The van der Waals surface area contributed by atoms with Gasteiger partial charge in [-0.2, -0.15) is 0 Å². The highest BCUT2D eigenvalue weighted by atomic mass is 35.5. The molecule has 1 aliphatic heterocycles. The van der Waals surface area contributed by atoms with E-state index in [1.807, 2.05) is 47.2 Å². The minimum Gasteiger partial charge on any atom is -0.361 e. The maximum atomic E-state index is 12.8. The first kappa shape index (κ1) is 17.7. The minimum absolute atomic E-state index is 0.364. The van der Waals surface area contributed by atoms with Crippen molar-refractivity contribution in [2.45, 2.75) is 6.54 Å². The van der Waals surface area contributed by atoms with Crippen molar-refractivity contribution in [1.29, 1.82) is 0 Å². The predicted octanol–water partition coefficient (Wildman–Crippen LogP) is 3.30. The van der Waals surface area contributed by atoms with Crippen LogP contribution in [0.3, 0.4) is 0 Å². The molecule has 4 aromatic rings. The summed E-state index contributed by atoms with van der Waals surface area (Å²) in [6.45, 7) is 1.01. The highest BCUT2D eigenvalue weighted by molar-refractivity contribution is 6.50. The molecule has 2 amide bonds. The number of amides is 2. The molecule has 5 rings (SSSR count). The summed E-state index contributed by atoms with van der Waals surface area (Å²) in [6.07, 6.45) is 3.64. The number of carbonyl (C=O) groups is 2. The van der Waals surface area contributed by atoms with Crippen LogP contribution in [-0.2, 0) is 16.1 Å². The average molecular weight is 405 g/mol. The van der Waals surface area contributed by atoms with Crippen LogP contribution in [0.15, 0.2) is 54.9 Å². The van der Waals surface area contributed by atoms with E-state index >= 15 is 0 Å². The molecule has 0 radical (unpaired) electrons. The number of hydrogen-bond donors (Lipinski definition) is 3. The summed E-state index contributed by atoms with van der Waals surface area (Å²) in [5, 5.41) is 4.79. The quantitative estimate of drug-likeness (QED) is 0.455. The van der Waals surface area contributed by atoms with E-state index in [0.29, 0.717) is 40.4 Å². The summed E-state index contributed by atoms with van der Waals surface area (Å²) in [5.41, 5.74) is 9.66. The fourth-order valence-corrected chi connectivity index (χ4v) is 4.20. The van der Waals surface area contributed by atoms with E-state index in [-0.39, 0.29) is 0 Å². The first-order valence-corrected chi connectivity index (χ1v) is 9.61. The normalized spacial score (nSPS) is 14.4. The third-order valence-corrected chi connectivity index (χ3v) is 5.51. The lowest BCUT2D eigenvalue weighted by Gasteiger charge is -2.03. The Balaban J connectivity index is 1.83. The number of hydrogen-bond acceptors (Lipinski definition) is 3. The van der Waals surface area contributed by atoms with Crippen molar-refractivity contribution in [3.8, 4) is 0 Å². The Kier molecular flexibility index (Phi) is 4.04. The monoisotopic (exact) mass is 404 g/mol. The van der Waals surface area contributed by atoms with E-state index in [4.69, 9.17) is 17.3 Å². The number of rotatable bonds is 4. The zero-order chi connectivity index (χ0) is 20.1. The number of nitrogens with zero attached hydrogens (tertiary/aromatic N) is 1. The third-order valence-electron chi connectivity index (χ3n) is 5.27. The second-order valence-electron chi connectivity index (χ2n) is 6.97. The van der Waals surface area contributed by atoms with Gasteiger partial charge in [0.05, 0.1) is 16.7 Å². The number of carbonyl (C=O) groups excluding carboxylic acids is 2. The molecule has 1 aliphatic rings. The summed E-state index contributed by atoms with van der Waals surface area (Å²) >= 11 is 6.19. The van der Waals surface area contributed by atoms with Gasteiger partial charge in [-0.1, -0.05) is 35.9 Å². The van der Waals surface area contributed by atoms with E-state index in [1.54, 1.807) is 12.3 Å². The summed E-state index contributed by atoms with van der Waals surface area (Å²) < 4.78 is 1.96. The topological polar surface area (TPSA) is 92.9 Å². The number of H-pyrrole nitrogens is 1. The molecule has 7 heteroatoms. The fraction of sp³-hybridized carbons (Fsp3) is 0.0909. The van der Waals surface area contributed by atoms with Crippen LogP contribution >= 0.6 is 11.6 Å². The van der Waals surface area contributed by atoms with Crippen LogP contribution < -0.4 is 11.1 Å². The number of aromatic nitrogens is 2. The van der Waals surface area contributed by atoms with Gasteiger partial charge >= 0.3 is 0 Å². The molecule has 3 heterocycles. The molecule has 4 N–H and O–H groups in total. The van der Waals surface area contributed by atoms with Crippen molar-refractivity contribution >= 4 is 56.4 Å². The molecule has 2 aromatic carbocycles. The standard InChI is InChI=1S/C22H17ClN4O2/c23-12-5-6-14-16(11-27(8-7-24)18(14)9-12)20-19(21(28)26-22(20)29)15-10-25-17-4-2-1-3-13(15)17/h1-6,9-11,25H,7-8,24H2,(H,26,28,29). The van der Waals surface area contributed by atoms with Crippen molar-refractivity contribution in [1.82, 2.24) is 14.9 Å². The van der Waals surface area contributed by atoms with Crippen LogP contribution in [0, 0.1) is 0 Å². The largest absolute Gasteiger partial charge is 0.361 e. The molecule has 0 saturated heterocycles. The second kappa shape index (κ2) is 6.62. The smallest absolute Gasteiger partial charge is 0.259 e. The number of nitrogens with one attached hydrogen (secondary N) is 2. The van der Waals surface area contributed by atoms with Gasteiger partial charge in [-0.25, -0.2) is 0 Å². The number of fused-ring (bicyclic) bond motifs is 2. The van der Waals surface area contributed by atoms with Gasteiger partial charge in [0, 0.05) is 57.9 Å². The molecule has 6 nitrogen and oxygen atoms in total. The Morgan fingerprint density at radius 3 is 2.52 bits per heavy atom. The van der Waals surface area contributed by atoms with Crippen LogP contribution in [0.25, 0.3) is 33.0 Å². The highest BCUT2D eigenvalue weighted by Gasteiger charge is 2.35. The predicted molar refractivity (Wildman–Crippen MR) is 114 cm³/mol. The van der Waals surface area contributed by atoms with E-state index in [1.165, 1.54) is 0 Å². The van der Waals surface area contributed by atoms with E-state index in [0.717, 1.165) is 21.8 Å². The number of benzene rings is 2. The minimum atomic E-state index is -0.406. The van der Waals surface area contributed by atoms with E-state index in [2.05, 4.69) is 10.3 Å². The molecule has 29 heavy (non-hydrogen) atoms. The molecule has 0 fully saturated rings. The molecule has 144 valence electrons. The van der Waals surface area contributed by atoms with Crippen LogP contribution in [0.5, 0.6) is 0 Å². The fourth-order valence-electron chi connectivity index (χ4n) is 4.04. The molecule has 0 spiro atoms. The average Bonchev–Trinajstić information content (AvgIpc) is 3.35. The third kappa shape index (κ3) is 2.68. The molecule has 0 atom stereocenters. The van der Waals surface area contributed by atoms with Crippen molar-refractivity contribution in [3.63, 3.8) is 0 Å². The van der Waals surface area contributed by atoms with Crippen LogP contribution in [0.4, 0.5) is 0 Å². The Hall–Kier alpha value is -3.35. The lowest BCUT2D eigenvalue weighted by Crippen LogP contribution is -2.22. The second-order valence-corrected chi connectivity index (χ2v) is 7.40. The van der Waals surface area contributed by atoms with Gasteiger partial charge in [0.15, 0.2) is 0 Å². The number of halogens is 1. The van der Waals surface area contributed by atoms with Gasteiger partial charge in [-0.05, 0) is 18.2 Å².